The Morgan fingerprint density at radius 3 is 2.77 bits per heavy atom. The molecule has 0 unspecified atom stereocenters. The Morgan fingerprint density at radius 2 is 1.97 bits per heavy atom. The van der Waals surface area contributed by atoms with Gasteiger partial charge < -0.3 is 9.30 Å². The molecule has 5 rings (SSSR count). The molecule has 1 fully saturated rings. The lowest BCUT2D eigenvalue weighted by Gasteiger charge is -2.39. The Morgan fingerprint density at radius 1 is 1.06 bits per heavy atom. The molecule has 0 radical (unpaired) electrons. The van der Waals surface area contributed by atoms with Gasteiger partial charge in [-0.3, -0.25) is 14.7 Å². The third kappa shape index (κ3) is 3.70. The van der Waals surface area contributed by atoms with E-state index >= 15 is 0 Å². The van der Waals surface area contributed by atoms with Gasteiger partial charge in [-0.15, -0.1) is 0 Å². The van der Waals surface area contributed by atoms with Crippen molar-refractivity contribution in [3.05, 3.63) is 90.3 Å². The molecule has 1 aliphatic heterocycles. The molecule has 6 nitrogen and oxygen atoms in total. The lowest BCUT2D eigenvalue weighted by Crippen LogP contribution is -2.49. The number of imidazole rings is 1. The summed E-state index contributed by atoms with van der Waals surface area (Å²) in [6.45, 7) is 4.17. The number of fused-ring (bicyclic) bond motifs is 1. The fourth-order valence-electron chi connectivity index (χ4n) is 4.30. The molecule has 1 saturated heterocycles. The molecular formula is C25H25N5O. The normalized spacial score (nSPS) is 17.2. The minimum atomic E-state index is 0.0525. The number of carbonyl (C=O) groups excluding carboxylic acids is 1. The molecule has 1 atom stereocenters. The molecule has 1 aliphatic rings. The second kappa shape index (κ2) is 7.96. The molecule has 0 bridgehead atoms. The molecule has 3 aromatic heterocycles. The van der Waals surface area contributed by atoms with E-state index in [2.05, 4.69) is 45.7 Å². The second-order valence-corrected chi connectivity index (χ2v) is 8.20. The fraction of sp³-hybridized carbons (Fsp3) is 0.240. The van der Waals surface area contributed by atoms with E-state index in [0.29, 0.717) is 6.54 Å². The minimum Gasteiger partial charge on any atom is -0.335 e. The SMILES string of the molecule is Cc1cccc(C(=O)N2CCN(C)[C@H](c3ncn4cc(-c5cccnc5)ccc34)C2)c1. The van der Waals surface area contributed by atoms with Gasteiger partial charge >= 0.3 is 0 Å². The van der Waals surface area contributed by atoms with Crippen LogP contribution >= 0.6 is 0 Å². The van der Waals surface area contributed by atoms with Gasteiger partial charge in [0.15, 0.2) is 0 Å². The van der Waals surface area contributed by atoms with Crippen LogP contribution in [0.3, 0.4) is 0 Å². The third-order valence-corrected chi connectivity index (χ3v) is 6.07. The number of aromatic nitrogens is 3. The zero-order chi connectivity index (χ0) is 21.4. The maximum Gasteiger partial charge on any atom is 0.253 e. The summed E-state index contributed by atoms with van der Waals surface area (Å²) in [6.07, 6.45) is 7.59. The van der Waals surface area contributed by atoms with Crippen molar-refractivity contribution in [1.82, 2.24) is 24.2 Å². The number of nitrogens with zero attached hydrogens (tertiary/aromatic N) is 5. The van der Waals surface area contributed by atoms with Gasteiger partial charge in [0.1, 0.15) is 0 Å². The monoisotopic (exact) mass is 411 g/mol. The molecule has 0 saturated carbocycles. The highest BCUT2D eigenvalue weighted by Crippen LogP contribution is 2.29. The standard InChI is InChI=1S/C25H25N5O/c1-18-5-3-6-19(13-18)25(31)29-12-11-28(2)23(16-29)24-22-9-8-21(15-30(22)17-27-24)20-7-4-10-26-14-20/h3-10,13-15,17,23H,11-12,16H2,1-2H3/t23-/m0/s1. The quantitative estimate of drug-likeness (QED) is 0.514. The van der Waals surface area contributed by atoms with Crippen LogP contribution in [0, 0.1) is 6.92 Å². The largest absolute Gasteiger partial charge is 0.335 e. The first-order chi connectivity index (χ1) is 15.1. The molecule has 0 spiro atoms. The average molecular weight is 412 g/mol. The summed E-state index contributed by atoms with van der Waals surface area (Å²) < 4.78 is 2.06. The smallest absolute Gasteiger partial charge is 0.253 e. The van der Waals surface area contributed by atoms with Gasteiger partial charge in [0.05, 0.1) is 23.6 Å². The van der Waals surface area contributed by atoms with Crippen LogP contribution in [0.15, 0.2) is 73.4 Å². The van der Waals surface area contributed by atoms with Crippen LogP contribution < -0.4 is 0 Å². The average Bonchev–Trinajstić information content (AvgIpc) is 3.22. The van der Waals surface area contributed by atoms with E-state index in [-0.39, 0.29) is 11.9 Å². The van der Waals surface area contributed by atoms with E-state index in [1.807, 2.05) is 54.7 Å². The predicted molar refractivity (Wildman–Crippen MR) is 121 cm³/mol. The lowest BCUT2D eigenvalue weighted by atomic mass is 10.0. The topological polar surface area (TPSA) is 53.7 Å². The maximum atomic E-state index is 13.1. The number of hydrogen-bond acceptors (Lipinski definition) is 4. The molecule has 6 heteroatoms. The summed E-state index contributed by atoms with van der Waals surface area (Å²) in [4.78, 5) is 26.3. The van der Waals surface area contributed by atoms with E-state index in [1.165, 1.54) is 0 Å². The highest BCUT2D eigenvalue weighted by Gasteiger charge is 2.31. The Labute approximate surface area is 181 Å². The van der Waals surface area contributed by atoms with Gasteiger partial charge in [0.25, 0.3) is 5.91 Å². The van der Waals surface area contributed by atoms with Crippen LogP contribution in [0.1, 0.15) is 27.7 Å². The van der Waals surface area contributed by atoms with E-state index in [4.69, 9.17) is 4.98 Å². The highest BCUT2D eigenvalue weighted by molar-refractivity contribution is 5.94. The highest BCUT2D eigenvalue weighted by atomic mass is 16.2. The molecule has 31 heavy (non-hydrogen) atoms. The molecule has 4 aromatic rings. The Hall–Kier alpha value is -3.51. The number of rotatable bonds is 3. The van der Waals surface area contributed by atoms with Crippen molar-refractivity contribution in [3.63, 3.8) is 0 Å². The Kier molecular flexibility index (Phi) is 5.00. The van der Waals surface area contributed by atoms with E-state index in [0.717, 1.165) is 46.6 Å². The summed E-state index contributed by atoms with van der Waals surface area (Å²) in [5, 5.41) is 0. The van der Waals surface area contributed by atoms with Gasteiger partial charge in [0.2, 0.25) is 0 Å². The van der Waals surface area contributed by atoms with Crippen molar-refractivity contribution < 1.29 is 4.79 Å². The molecule has 1 aromatic carbocycles. The van der Waals surface area contributed by atoms with Gasteiger partial charge in [-0.1, -0.05) is 29.8 Å². The molecule has 4 heterocycles. The Bertz CT molecular complexity index is 1230. The number of piperazine rings is 1. The van der Waals surface area contributed by atoms with Crippen LogP contribution in [0.4, 0.5) is 0 Å². The van der Waals surface area contributed by atoms with Crippen LogP contribution in [0.25, 0.3) is 16.6 Å². The van der Waals surface area contributed by atoms with E-state index < -0.39 is 0 Å². The number of aryl methyl sites for hydroxylation is 1. The number of carbonyl (C=O) groups is 1. The first-order valence-corrected chi connectivity index (χ1v) is 10.5. The summed E-state index contributed by atoms with van der Waals surface area (Å²) in [6, 6.07) is 16.1. The van der Waals surface area contributed by atoms with Gasteiger partial charge in [-0.2, -0.15) is 0 Å². The van der Waals surface area contributed by atoms with Gasteiger partial charge in [-0.05, 0) is 43.8 Å². The summed E-state index contributed by atoms with van der Waals surface area (Å²) in [5.41, 5.74) is 6.08. The summed E-state index contributed by atoms with van der Waals surface area (Å²) >= 11 is 0. The number of pyridine rings is 2. The van der Waals surface area contributed by atoms with Crippen LogP contribution in [0.5, 0.6) is 0 Å². The van der Waals surface area contributed by atoms with Crippen molar-refractivity contribution >= 4 is 11.4 Å². The molecule has 0 N–H and O–H groups in total. The fourth-order valence-corrected chi connectivity index (χ4v) is 4.30. The van der Waals surface area contributed by atoms with Crippen molar-refractivity contribution in [3.8, 4) is 11.1 Å². The first kappa shape index (κ1) is 19.5. The number of likely N-dealkylation sites (N-methyl/N-ethyl adjacent to an activating group) is 1. The predicted octanol–water partition coefficient (Wildman–Crippen LogP) is 3.83. The van der Waals surface area contributed by atoms with Crippen molar-refractivity contribution in [2.45, 2.75) is 13.0 Å². The van der Waals surface area contributed by atoms with E-state index in [1.54, 1.807) is 6.20 Å². The summed E-state index contributed by atoms with van der Waals surface area (Å²) in [7, 11) is 2.11. The van der Waals surface area contributed by atoms with Gasteiger partial charge in [-0.25, -0.2) is 4.98 Å². The third-order valence-electron chi connectivity index (χ3n) is 6.07. The van der Waals surface area contributed by atoms with Crippen molar-refractivity contribution in [1.29, 1.82) is 0 Å². The van der Waals surface area contributed by atoms with Gasteiger partial charge in [0, 0.05) is 49.4 Å². The Balaban J connectivity index is 1.44. The lowest BCUT2D eigenvalue weighted by molar-refractivity contribution is 0.0542. The second-order valence-electron chi connectivity index (χ2n) is 8.20. The van der Waals surface area contributed by atoms with Crippen molar-refractivity contribution in [2.24, 2.45) is 0 Å². The number of benzene rings is 1. The first-order valence-electron chi connectivity index (χ1n) is 10.5. The minimum absolute atomic E-state index is 0.0525. The van der Waals surface area contributed by atoms with Crippen LogP contribution in [-0.2, 0) is 0 Å². The molecule has 1 amide bonds. The zero-order valence-electron chi connectivity index (χ0n) is 17.8. The molecule has 0 aliphatic carbocycles. The maximum absolute atomic E-state index is 13.1. The summed E-state index contributed by atoms with van der Waals surface area (Å²) in [5.74, 6) is 0.0872. The molecule has 156 valence electrons. The number of amides is 1. The van der Waals surface area contributed by atoms with Crippen LogP contribution in [-0.4, -0.2) is 56.8 Å². The van der Waals surface area contributed by atoms with Crippen molar-refractivity contribution in [2.75, 3.05) is 26.7 Å². The van der Waals surface area contributed by atoms with Crippen LogP contribution in [0.2, 0.25) is 0 Å². The van der Waals surface area contributed by atoms with E-state index in [9.17, 15) is 4.79 Å². The number of hydrogen-bond donors (Lipinski definition) is 0. The zero-order valence-corrected chi connectivity index (χ0v) is 17.8. The molecular weight excluding hydrogens is 386 g/mol.